The minimum Gasteiger partial charge on any atom is -0.381 e. The lowest BCUT2D eigenvalue weighted by Crippen LogP contribution is -2.53. The van der Waals surface area contributed by atoms with Crippen molar-refractivity contribution in [2.45, 2.75) is 25.7 Å². The molecule has 0 bridgehead atoms. The van der Waals surface area contributed by atoms with Crippen LogP contribution in [-0.2, 0) is 19.1 Å². The van der Waals surface area contributed by atoms with Crippen LogP contribution >= 0.6 is 0 Å². The molecule has 0 aliphatic carbocycles. The number of nitrogens with zero attached hydrogens (tertiary/aromatic N) is 2. The number of hydrogen-bond acceptors (Lipinski definition) is 4. The van der Waals surface area contributed by atoms with Crippen LogP contribution in [0.15, 0.2) is 0 Å². The zero-order chi connectivity index (χ0) is 15.4. The third-order valence-corrected chi connectivity index (χ3v) is 5.04. The Bertz CT molecular complexity index is 357. The quantitative estimate of drug-likeness (QED) is 0.746. The molecule has 6 heteroatoms. The van der Waals surface area contributed by atoms with Crippen LogP contribution in [-0.4, -0.2) is 74.2 Å². The SMILES string of the molecule is O=C(C1CCOCC1)N1CCN(C(=O)C2CCOCC2)CC1. The second-order valence-corrected chi connectivity index (χ2v) is 6.42. The maximum Gasteiger partial charge on any atom is 0.225 e. The summed E-state index contributed by atoms with van der Waals surface area (Å²) in [5, 5.41) is 0. The second kappa shape index (κ2) is 7.42. The van der Waals surface area contributed by atoms with Gasteiger partial charge in [-0.1, -0.05) is 0 Å². The van der Waals surface area contributed by atoms with Crippen LogP contribution in [0.25, 0.3) is 0 Å². The molecule has 2 amide bonds. The van der Waals surface area contributed by atoms with Gasteiger partial charge in [-0.3, -0.25) is 9.59 Å². The predicted octanol–water partition coefficient (Wildman–Crippen LogP) is 0.510. The zero-order valence-electron chi connectivity index (χ0n) is 13.2. The summed E-state index contributed by atoms with van der Waals surface area (Å²) in [5.41, 5.74) is 0. The molecule has 0 atom stereocenters. The highest BCUT2D eigenvalue weighted by Crippen LogP contribution is 2.21. The Morgan fingerprint density at radius 2 is 0.955 bits per heavy atom. The van der Waals surface area contributed by atoms with Crippen molar-refractivity contribution in [2.24, 2.45) is 11.8 Å². The summed E-state index contributed by atoms with van der Waals surface area (Å²) in [6, 6.07) is 0. The van der Waals surface area contributed by atoms with Gasteiger partial charge in [0.15, 0.2) is 0 Å². The molecule has 22 heavy (non-hydrogen) atoms. The minimum absolute atomic E-state index is 0.117. The molecule has 3 saturated heterocycles. The maximum atomic E-state index is 12.5. The fourth-order valence-corrected chi connectivity index (χ4v) is 3.55. The molecular weight excluding hydrogens is 284 g/mol. The van der Waals surface area contributed by atoms with Gasteiger partial charge in [0.2, 0.25) is 11.8 Å². The van der Waals surface area contributed by atoms with Gasteiger partial charge in [-0.05, 0) is 25.7 Å². The first-order valence-electron chi connectivity index (χ1n) is 8.49. The Kier molecular flexibility index (Phi) is 5.31. The molecule has 0 N–H and O–H groups in total. The maximum absolute atomic E-state index is 12.5. The number of ether oxygens (including phenoxy) is 2. The summed E-state index contributed by atoms with van der Waals surface area (Å²) in [6.07, 6.45) is 3.33. The monoisotopic (exact) mass is 310 g/mol. The zero-order valence-corrected chi connectivity index (χ0v) is 13.2. The van der Waals surface area contributed by atoms with Gasteiger partial charge in [-0.15, -0.1) is 0 Å². The molecule has 0 aromatic heterocycles. The smallest absolute Gasteiger partial charge is 0.225 e. The van der Waals surface area contributed by atoms with Crippen molar-refractivity contribution in [1.29, 1.82) is 0 Å². The molecule has 124 valence electrons. The highest BCUT2D eigenvalue weighted by Gasteiger charge is 2.32. The number of amides is 2. The highest BCUT2D eigenvalue weighted by molar-refractivity contribution is 5.81. The van der Waals surface area contributed by atoms with Gasteiger partial charge in [-0.2, -0.15) is 0 Å². The molecule has 0 spiro atoms. The van der Waals surface area contributed by atoms with Crippen molar-refractivity contribution in [3.63, 3.8) is 0 Å². The molecule has 0 radical (unpaired) electrons. The molecule has 6 nitrogen and oxygen atoms in total. The number of carbonyl (C=O) groups is 2. The first-order chi connectivity index (χ1) is 10.8. The molecule has 0 unspecified atom stereocenters. The molecule has 0 saturated carbocycles. The van der Waals surface area contributed by atoms with Crippen molar-refractivity contribution in [2.75, 3.05) is 52.6 Å². The van der Waals surface area contributed by atoms with Crippen LogP contribution in [0.4, 0.5) is 0 Å². The topological polar surface area (TPSA) is 59.1 Å². The van der Waals surface area contributed by atoms with Gasteiger partial charge in [-0.25, -0.2) is 0 Å². The Morgan fingerprint density at radius 3 is 1.27 bits per heavy atom. The fourth-order valence-electron chi connectivity index (χ4n) is 3.55. The van der Waals surface area contributed by atoms with Crippen LogP contribution in [0.1, 0.15) is 25.7 Å². The first kappa shape index (κ1) is 15.7. The van der Waals surface area contributed by atoms with Gasteiger partial charge in [0.1, 0.15) is 0 Å². The van der Waals surface area contributed by atoms with Gasteiger partial charge < -0.3 is 19.3 Å². The molecule has 3 heterocycles. The molecule has 3 aliphatic heterocycles. The summed E-state index contributed by atoms with van der Waals surface area (Å²) in [7, 11) is 0. The number of hydrogen-bond donors (Lipinski definition) is 0. The van der Waals surface area contributed by atoms with Crippen LogP contribution in [0.2, 0.25) is 0 Å². The Morgan fingerprint density at radius 1 is 0.636 bits per heavy atom. The number of rotatable bonds is 2. The summed E-state index contributed by atoms with van der Waals surface area (Å²) in [4.78, 5) is 28.8. The predicted molar refractivity (Wildman–Crippen MR) is 80.2 cm³/mol. The van der Waals surface area contributed by atoms with E-state index in [1.807, 2.05) is 9.80 Å². The van der Waals surface area contributed by atoms with Crippen molar-refractivity contribution < 1.29 is 19.1 Å². The minimum atomic E-state index is 0.117. The van der Waals surface area contributed by atoms with Gasteiger partial charge in [0.05, 0.1) is 0 Å². The Labute approximate surface area is 131 Å². The standard InChI is InChI=1S/C16H26N2O4/c19-15(13-1-9-21-10-2-13)17-5-7-18(8-6-17)16(20)14-3-11-22-12-4-14/h13-14H,1-12H2. The normalized spacial score (nSPS) is 25.3. The third kappa shape index (κ3) is 3.60. The van der Waals surface area contributed by atoms with E-state index in [9.17, 15) is 9.59 Å². The van der Waals surface area contributed by atoms with Crippen molar-refractivity contribution >= 4 is 11.8 Å². The van der Waals surface area contributed by atoms with E-state index in [0.29, 0.717) is 52.6 Å². The number of piperazine rings is 1. The lowest BCUT2D eigenvalue weighted by molar-refractivity contribution is -0.147. The van der Waals surface area contributed by atoms with Crippen molar-refractivity contribution in [3.8, 4) is 0 Å². The van der Waals surface area contributed by atoms with E-state index >= 15 is 0 Å². The summed E-state index contributed by atoms with van der Waals surface area (Å²) in [5.74, 6) is 0.737. The lowest BCUT2D eigenvalue weighted by Gasteiger charge is -2.38. The molecule has 0 aromatic rings. The number of carbonyl (C=O) groups excluding carboxylic acids is 2. The molecule has 3 rings (SSSR count). The second-order valence-electron chi connectivity index (χ2n) is 6.42. The van der Waals surface area contributed by atoms with E-state index in [2.05, 4.69) is 0 Å². The average molecular weight is 310 g/mol. The Balaban J connectivity index is 1.47. The van der Waals surface area contributed by atoms with E-state index in [4.69, 9.17) is 9.47 Å². The van der Waals surface area contributed by atoms with Crippen LogP contribution in [0.5, 0.6) is 0 Å². The highest BCUT2D eigenvalue weighted by atomic mass is 16.5. The molecule has 0 aromatic carbocycles. The van der Waals surface area contributed by atoms with Crippen LogP contribution < -0.4 is 0 Å². The van der Waals surface area contributed by atoms with Gasteiger partial charge in [0.25, 0.3) is 0 Å². The van der Waals surface area contributed by atoms with Crippen molar-refractivity contribution in [3.05, 3.63) is 0 Å². The average Bonchev–Trinajstić information content (AvgIpc) is 2.62. The molecular formula is C16H26N2O4. The van der Waals surface area contributed by atoms with Crippen LogP contribution in [0.3, 0.4) is 0 Å². The summed E-state index contributed by atoms with van der Waals surface area (Å²) >= 11 is 0. The van der Waals surface area contributed by atoms with E-state index < -0.39 is 0 Å². The Hall–Kier alpha value is -1.14. The van der Waals surface area contributed by atoms with Gasteiger partial charge in [0, 0.05) is 64.4 Å². The van der Waals surface area contributed by atoms with E-state index in [1.54, 1.807) is 0 Å². The largest absolute Gasteiger partial charge is 0.381 e. The third-order valence-electron chi connectivity index (χ3n) is 5.04. The summed E-state index contributed by atoms with van der Waals surface area (Å²) < 4.78 is 10.6. The van der Waals surface area contributed by atoms with E-state index in [-0.39, 0.29) is 23.7 Å². The fraction of sp³-hybridized carbons (Fsp3) is 0.875. The van der Waals surface area contributed by atoms with E-state index in [0.717, 1.165) is 25.7 Å². The first-order valence-corrected chi connectivity index (χ1v) is 8.49. The van der Waals surface area contributed by atoms with Gasteiger partial charge >= 0.3 is 0 Å². The summed E-state index contributed by atoms with van der Waals surface area (Å²) in [6.45, 7) is 5.46. The lowest BCUT2D eigenvalue weighted by atomic mass is 9.97. The van der Waals surface area contributed by atoms with Crippen LogP contribution in [0, 0.1) is 11.8 Å². The molecule has 3 fully saturated rings. The van der Waals surface area contributed by atoms with Crippen molar-refractivity contribution in [1.82, 2.24) is 9.80 Å². The molecule has 3 aliphatic rings. The van der Waals surface area contributed by atoms with E-state index in [1.165, 1.54) is 0 Å².